The van der Waals surface area contributed by atoms with Crippen LogP contribution in [0, 0.1) is 0 Å². The fourth-order valence-corrected chi connectivity index (χ4v) is 2.87. The van der Waals surface area contributed by atoms with Crippen molar-refractivity contribution < 1.29 is 20.1 Å². The van der Waals surface area contributed by atoms with Gasteiger partial charge in [-0.2, -0.15) is 0 Å². The van der Waals surface area contributed by atoms with Crippen LogP contribution in [0.2, 0.25) is 0 Å². The number of nitrogens with one attached hydrogen (secondary N) is 3. The van der Waals surface area contributed by atoms with E-state index in [9.17, 15) is 15.3 Å². The summed E-state index contributed by atoms with van der Waals surface area (Å²) >= 11 is 0. The smallest absolute Gasteiger partial charge is 0.0879 e. The van der Waals surface area contributed by atoms with E-state index in [1.54, 1.807) is 0 Å². The first-order chi connectivity index (χ1) is 10.3. The van der Waals surface area contributed by atoms with Crippen LogP contribution < -0.4 is 16.0 Å². The molecular weight excluding hydrogens is 274 g/mol. The van der Waals surface area contributed by atoms with Crippen molar-refractivity contribution in [3.63, 3.8) is 0 Å². The van der Waals surface area contributed by atoms with Crippen molar-refractivity contribution in [3.8, 4) is 0 Å². The molecule has 0 amide bonds. The van der Waals surface area contributed by atoms with Gasteiger partial charge in [-0.15, -0.1) is 0 Å². The molecule has 1 rings (SSSR count). The second kappa shape index (κ2) is 11.3. The summed E-state index contributed by atoms with van der Waals surface area (Å²) in [6, 6.07) is -0.0944. The maximum Gasteiger partial charge on any atom is 0.0879 e. The molecule has 1 aliphatic heterocycles. The van der Waals surface area contributed by atoms with Gasteiger partial charge in [0.25, 0.3) is 0 Å². The fourth-order valence-electron chi connectivity index (χ4n) is 2.87. The summed E-state index contributed by atoms with van der Waals surface area (Å²) in [7, 11) is 0. The molecule has 126 valence electrons. The second-order valence-corrected chi connectivity index (χ2v) is 5.38. The third-order valence-corrected chi connectivity index (χ3v) is 3.96. The third kappa shape index (κ3) is 6.56. The first kappa shape index (κ1) is 18.8. The molecule has 0 aromatic heterocycles. The van der Waals surface area contributed by atoms with E-state index < -0.39 is 5.60 Å². The van der Waals surface area contributed by atoms with Gasteiger partial charge in [-0.05, 0) is 6.42 Å². The highest BCUT2D eigenvalue weighted by Gasteiger charge is 2.38. The highest BCUT2D eigenvalue weighted by molar-refractivity contribution is 4.94. The Morgan fingerprint density at radius 1 is 0.857 bits per heavy atom. The lowest BCUT2D eigenvalue weighted by molar-refractivity contribution is -0.0990. The highest BCUT2D eigenvalue weighted by atomic mass is 16.5. The summed E-state index contributed by atoms with van der Waals surface area (Å²) in [5.41, 5.74) is -0.646. The third-order valence-electron chi connectivity index (χ3n) is 3.96. The van der Waals surface area contributed by atoms with Gasteiger partial charge < -0.3 is 36.0 Å². The fraction of sp³-hybridized carbons (Fsp3) is 1.00. The zero-order valence-corrected chi connectivity index (χ0v) is 12.8. The van der Waals surface area contributed by atoms with Gasteiger partial charge in [-0.25, -0.2) is 0 Å². The molecule has 6 N–H and O–H groups in total. The van der Waals surface area contributed by atoms with Gasteiger partial charge in [-0.3, -0.25) is 0 Å². The van der Waals surface area contributed by atoms with E-state index in [1.165, 1.54) is 0 Å². The van der Waals surface area contributed by atoms with Gasteiger partial charge in [0.15, 0.2) is 0 Å². The summed E-state index contributed by atoms with van der Waals surface area (Å²) in [4.78, 5) is 0. The predicted molar refractivity (Wildman–Crippen MR) is 81.3 cm³/mol. The zero-order chi connectivity index (χ0) is 15.4. The Morgan fingerprint density at radius 3 is 2.10 bits per heavy atom. The van der Waals surface area contributed by atoms with E-state index in [2.05, 4.69) is 16.0 Å². The van der Waals surface area contributed by atoms with Crippen LogP contribution in [-0.2, 0) is 4.74 Å². The summed E-state index contributed by atoms with van der Waals surface area (Å²) in [6.07, 6.45) is 1.42. The van der Waals surface area contributed by atoms with Crippen molar-refractivity contribution >= 4 is 0 Å². The van der Waals surface area contributed by atoms with Crippen LogP contribution in [0.25, 0.3) is 0 Å². The normalized spacial score (nSPS) is 25.0. The summed E-state index contributed by atoms with van der Waals surface area (Å²) in [6.45, 7) is 4.66. The number of ether oxygens (including phenoxy) is 1. The molecule has 1 atom stereocenters. The van der Waals surface area contributed by atoms with Crippen LogP contribution in [0.1, 0.15) is 19.3 Å². The van der Waals surface area contributed by atoms with Gasteiger partial charge in [0, 0.05) is 71.4 Å². The Bertz CT molecular complexity index is 250. The van der Waals surface area contributed by atoms with Gasteiger partial charge in [0.1, 0.15) is 0 Å². The molecular formula is C14H31N3O4. The molecule has 1 saturated heterocycles. The van der Waals surface area contributed by atoms with Crippen LogP contribution in [0.15, 0.2) is 0 Å². The van der Waals surface area contributed by atoms with E-state index in [0.29, 0.717) is 25.9 Å². The molecule has 0 bridgehead atoms. The van der Waals surface area contributed by atoms with Gasteiger partial charge in [0.05, 0.1) is 12.2 Å². The molecule has 0 aliphatic carbocycles. The molecule has 1 fully saturated rings. The van der Waals surface area contributed by atoms with Gasteiger partial charge >= 0.3 is 0 Å². The van der Waals surface area contributed by atoms with E-state index in [4.69, 9.17) is 4.74 Å². The van der Waals surface area contributed by atoms with E-state index in [-0.39, 0.29) is 25.9 Å². The molecule has 0 radical (unpaired) electrons. The molecule has 1 unspecified atom stereocenters. The van der Waals surface area contributed by atoms with Crippen LogP contribution in [0.4, 0.5) is 0 Å². The van der Waals surface area contributed by atoms with Crippen LogP contribution >= 0.6 is 0 Å². The van der Waals surface area contributed by atoms with Crippen molar-refractivity contribution in [2.75, 3.05) is 59.2 Å². The quantitative estimate of drug-likeness (QED) is 0.338. The second-order valence-electron chi connectivity index (χ2n) is 5.38. The van der Waals surface area contributed by atoms with Gasteiger partial charge in [-0.1, -0.05) is 0 Å². The lowest BCUT2D eigenvalue weighted by Gasteiger charge is -2.41. The average Bonchev–Trinajstić information content (AvgIpc) is 2.47. The molecule has 1 aliphatic rings. The summed E-state index contributed by atoms with van der Waals surface area (Å²) in [5, 5.41) is 38.2. The number of rotatable bonds is 6. The van der Waals surface area contributed by atoms with Gasteiger partial charge in [0.2, 0.25) is 0 Å². The maximum atomic E-state index is 9.41. The van der Waals surface area contributed by atoms with Crippen LogP contribution in [-0.4, -0.2) is 86.1 Å². The first-order valence-corrected chi connectivity index (χ1v) is 7.90. The molecule has 0 aromatic rings. The number of aliphatic hydroxyl groups excluding tert-OH is 3. The lowest BCUT2D eigenvalue weighted by Crippen LogP contribution is -2.56. The Balaban J connectivity index is 2.80. The predicted octanol–water partition coefficient (Wildman–Crippen LogP) is -1.96. The van der Waals surface area contributed by atoms with Crippen molar-refractivity contribution in [1.82, 2.24) is 16.0 Å². The van der Waals surface area contributed by atoms with Crippen molar-refractivity contribution in [3.05, 3.63) is 0 Å². The topological polar surface area (TPSA) is 106 Å². The minimum atomic E-state index is -0.646. The molecule has 1 heterocycles. The lowest BCUT2D eigenvalue weighted by atomic mass is 9.85. The van der Waals surface area contributed by atoms with Crippen molar-refractivity contribution in [2.24, 2.45) is 0 Å². The average molecular weight is 305 g/mol. The Morgan fingerprint density at radius 2 is 1.48 bits per heavy atom. The Kier molecular flexibility index (Phi) is 10.1. The molecule has 7 nitrogen and oxygen atoms in total. The van der Waals surface area contributed by atoms with Crippen LogP contribution in [0.3, 0.4) is 0 Å². The minimum absolute atomic E-state index is 0.00468. The minimum Gasteiger partial charge on any atom is -0.396 e. The van der Waals surface area contributed by atoms with Crippen molar-refractivity contribution in [1.29, 1.82) is 0 Å². The summed E-state index contributed by atoms with van der Waals surface area (Å²) in [5.74, 6) is 0. The molecule has 7 heteroatoms. The molecule has 0 spiro atoms. The highest BCUT2D eigenvalue weighted by Crippen LogP contribution is 2.27. The van der Waals surface area contributed by atoms with E-state index in [0.717, 1.165) is 32.7 Å². The van der Waals surface area contributed by atoms with Crippen LogP contribution in [0.5, 0.6) is 0 Å². The number of hydrogen-bond acceptors (Lipinski definition) is 7. The SMILES string of the molecule is OCCC1NCCNCCNCCOC1(CCO)CCO. The van der Waals surface area contributed by atoms with E-state index >= 15 is 0 Å². The van der Waals surface area contributed by atoms with E-state index in [1.807, 2.05) is 0 Å². The maximum absolute atomic E-state index is 9.41. The Hall–Kier alpha value is -0.280. The van der Waals surface area contributed by atoms with Crippen molar-refractivity contribution in [2.45, 2.75) is 30.9 Å². The molecule has 0 saturated carbocycles. The first-order valence-electron chi connectivity index (χ1n) is 7.90. The number of hydrogen-bond donors (Lipinski definition) is 6. The largest absolute Gasteiger partial charge is 0.396 e. The summed E-state index contributed by atoms with van der Waals surface area (Å²) < 4.78 is 6.07. The zero-order valence-electron chi connectivity index (χ0n) is 12.8. The Labute approximate surface area is 127 Å². The number of aliphatic hydroxyl groups is 3. The molecule has 0 aromatic carbocycles. The molecule has 21 heavy (non-hydrogen) atoms. The monoisotopic (exact) mass is 305 g/mol. The standard InChI is InChI=1S/C14H31N3O4/c18-9-1-13-14(2-10-19,3-11-20)21-12-8-16-5-4-15-6-7-17-13/h13,15-20H,1-12H2.